The summed E-state index contributed by atoms with van der Waals surface area (Å²) < 4.78 is 9.78. The second-order valence-electron chi connectivity index (χ2n) is 3.17. The number of aryl methyl sites for hydroxylation is 1. The van der Waals surface area contributed by atoms with E-state index >= 15 is 0 Å². The van der Waals surface area contributed by atoms with Gasteiger partial charge in [0.15, 0.2) is 0 Å². The van der Waals surface area contributed by atoms with E-state index in [4.69, 9.17) is 9.47 Å². The van der Waals surface area contributed by atoms with Crippen molar-refractivity contribution in [2.45, 2.75) is 26.2 Å². The maximum absolute atomic E-state index is 11.3. The number of methoxy groups -OCH3 is 1. The normalized spacial score (nSPS) is 10.4. The molecule has 1 aromatic rings. The molecular formula is C10H16N2O3S. The Bertz CT molecular complexity index is 328. The third-order valence-corrected chi connectivity index (χ3v) is 2.87. The van der Waals surface area contributed by atoms with E-state index in [-0.39, 0.29) is 5.97 Å². The monoisotopic (exact) mass is 244 g/mol. The fourth-order valence-corrected chi connectivity index (χ4v) is 1.93. The predicted molar refractivity (Wildman–Crippen MR) is 60.7 cm³/mol. The summed E-state index contributed by atoms with van der Waals surface area (Å²) in [5.41, 5.74) is 0. The summed E-state index contributed by atoms with van der Waals surface area (Å²) in [5, 5.41) is 8.95. The first-order valence-corrected chi connectivity index (χ1v) is 6.08. The molecule has 0 radical (unpaired) electrons. The number of nitrogens with zero attached hydrogens (tertiary/aromatic N) is 2. The van der Waals surface area contributed by atoms with Crippen molar-refractivity contribution in [3.63, 3.8) is 0 Å². The van der Waals surface area contributed by atoms with Crippen LogP contribution in [-0.4, -0.2) is 36.5 Å². The first-order chi connectivity index (χ1) is 7.77. The van der Waals surface area contributed by atoms with Gasteiger partial charge in [0.05, 0.1) is 6.61 Å². The van der Waals surface area contributed by atoms with E-state index in [0.29, 0.717) is 11.6 Å². The van der Waals surface area contributed by atoms with Crippen LogP contribution in [0.3, 0.4) is 0 Å². The molecule has 0 fully saturated rings. The van der Waals surface area contributed by atoms with E-state index < -0.39 is 0 Å². The number of rotatable bonds is 7. The molecule has 0 bridgehead atoms. The van der Waals surface area contributed by atoms with Crippen molar-refractivity contribution < 1.29 is 14.3 Å². The molecule has 1 heterocycles. The minimum atomic E-state index is -0.386. The molecule has 6 heteroatoms. The Morgan fingerprint density at radius 3 is 2.88 bits per heavy atom. The maximum Gasteiger partial charge on any atom is 0.369 e. The highest BCUT2D eigenvalue weighted by molar-refractivity contribution is 7.13. The van der Waals surface area contributed by atoms with Crippen LogP contribution in [0.5, 0.6) is 0 Å². The zero-order chi connectivity index (χ0) is 11.8. The van der Waals surface area contributed by atoms with Gasteiger partial charge < -0.3 is 9.47 Å². The summed E-state index contributed by atoms with van der Waals surface area (Å²) in [7, 11) is 1.68. The molecule has 0 unspecified atom stereocenters. The zero-order valence-electron chi connectivity index (χ0n) is 9.56. The number of ether oxygens (including phenoxy) is 2. The van der Waals surface area contributed by atoms with Crippen LogP contribution in [0.4, 0.5) is 0 Å². The average molecular weight is 244 g/mol. The van der Waals surface area contributed by atoms with Crippen LogP contribution in [0.15, 0.2) is 0 Å². The summed E-state index contributed by atoms with van der Waals surface area (Å²) in [4.78, 5) is 11.3. The summed E-state index contributed by atoms with van der Waals surface area (Å²) in [5.74, 6) is -0.386. The van der Waals surface area contributed by atoms with Crippen molar-refractivity contribution >= 4 is 17.3 Å². The fourth-order valence-electron chi connectivity index (χ4n) is 1.15. The number of hydrogen-bond donors (Lipinski definition) is 0. The quantitative estimate of drug-likeness (QED) is 0.539. The molecule has 0 aliphatic carbocycles. The first-order valence-electron chi connectivity index (χ1n) is 5.26. The van der Waals surface area contributed by atoms with E-state index in [1.165, 1.54) is 11.3 Å². The van der Waals surface area contributed by atoms with Gasteiger partial charge in [0.2, 0.25) is 5.01 Å². The summed E-state index contributed by atoms with van der Waals surface area (Å²) in [6.07, 6.45) is 2.82. The standard InChI is InChI=1S/C10H16N2O3S/c1-3-15-10(13)9-12-11-8(16-9)6-4-5-7-14-2/h3-7H2,1-2H3. The molecule has 5 nitrogen and oxygen atoms in total. The van der Waals surface area contributed by atoms with Crippen molar-refractivity contribution in [1.29, 1.82) is 0 Å². The number of unbranched alkanes of at least 4 members (excludes halogenated alkanes) is 1. The number of carbonyl (C=O) groups excluding carboxylic acids is 1. The van der Waals surface area contributed by atoms with E-state index in [0.717, 1.165) is 30.9 Å². The van der Waals surface area contributed by atoms with Crippen molar-refractivity contribution in [2.75, 3.05) is 20.3 Å². The van der Waals surface area contributed by atoms with E-state index in [1.807, 2.05) is 0 Å². The lowest BCUT2D eigenvalue weighted by Gasteiger charge is -1.96. The lowest BCUT2D eigenvalue weighted by molar-refractivity contribution is 0.0525. The smallest absolute Gasteiger partial charge is 0.369 e. The fraction of sp³-hybridized carbons (Fsp3) is 0.700. The van der Waals surface area contributed by atoms with Gasteiger partial charge in [0, 0.05) is 20.1 Å². The van der Waals surface area contributed by atoms with Crippen molar-refractivity contribution in [3.05, 3.63) is 10.0 Å². The Hall–Kier alpha value is -1.01. The minimum absolute atomic E-state index is 0.337. The molecule has 90 valence electrons. The lowest BCUT2D eigenvalue weighted by Crippen LogP contribution is -2.03. The first kappa shape index (κ1) is 13.1. The molecule has 1 aromatic heterocycles. The SMILES string of the molecule is CCOC(=O)c1nnc(CCCCOC)s1. The summed E-state index contributed by atoms with van der Waals surface area (Å²) in [6.45, 7) is 2.88. The highest BCUT2D eigenvalue weighted by Crippen LogP contribution is 2.13. The van der Waals surface area contributed by atoms with Gasteiger partial charge in [0.25, 0.3) is 0 Å². The molecule has 0 saturated carbocycles. The maximum atomic E-state index is 11.3. The highest BCUT2D eigenvalue weighted by Gasteiger charge is 2.13. The number of carbonyl (C=O) groups is 1. The Morgan fingerprint density at radius 1 is 1.38 bits per heavy atom. The van der Waals surface area contributed by atoms with Crippen LogP contribution in [0, 0.1) is 0 Å². The number of esters is 1. The van der Waals surface area contributed by atoms with E-state index in [1.54, 1.807) is 14.0 Å². The molecule has 1 rings (SSSR count). The average Bonchev–Trinajstić information content (AvgIpc) is 2.73. The van der Waals surface area contributed by atoms with Crippen LogP contribution in [0.25, 0.3) is 0 Å². The third kappa shape index (κ3) is 4.24. The van der Waals surface area contributed by atoms with Gasteiger partial charge in [-0.25, -0.2) is 4.79 Å². The van der Waals surface area contributed by atoms with Gasteiger partial charge in [-0.15, -0.1) is 10.2 Å². The Kier molecular flexibility index (Phi) is 5.95. The Labute approximate surface area is 98.8 Å². The van der Waals surface area contributed by atoms with Gasteiger partial charge in [0.1, 0.15) is 5.01 Å². The van der Waals surface area contributed by atoms with Crippen molar-refractivity contribution in [3.8, 4) is 0 Å². The van der Waals surface area contributed by atoms with Gasteiger partial charge in [-0.05, 0) is 19.8 Å². The van der Waals surface area contributed by atoms with Crippen LogP contribution in [-0.2, 0) is 15.9 Å². The van der Waals surface area contributed by atoms with Gasteiger partial charge in [-0.3, -0.25) is 0 Å². The van der Waals surface area contributed by atoms with E-state index in [2.05, 4.69) is 10.2 Å². The lowest BCUT2D eigenvalue weighted by atomic mass is 10.2. The van der Waals surface area contributed by atoms with Crippen molar-refractivity contribution in [2.24, 2.45) is 0 Å². The predicted octanol–water partition coefficient (Wildman–Crippen LogP) is 1.68. The minimum Gasteiger partial charge on any atom is -0.461 e. The van der Waals surface area contributed by atoms with Gasteiger partial charge >= 0.3 is 5.97 Å². The Balaban J connectivity index is 2.36. The van der Waals surface area contributed by atoms with Gasteiger partial charge in [-0.2, -0.15) is 0 Å². The van der Waals surface area contributed by atoms with Crippen LogP contribution < -0.4 is 0 Å². The molecule has 0 N–H and O–H groups in total. The molecule has 0 aromatic carbocycles. The number of hydrogen-bond acceptors (Lipinski definition) is 6. The van der Waals surface area contributed by atoms with Crippen molar-refractivity contribution in [1.82, 2.24) is 10.2 Å². The topological polar surface area (TPSA) is 61.3 Å². The molecule has 0 amide bonds. The number of aromatic nitrogens is 2. The van der Waals surface area contributed by atoms with Crippen LogP contribution >= 0.6 is 11.3 Å². The largest absolute Gasteiger partial charge is 0.461 e. The molecule has 0 saturated heterocycles. The van der Waals surface area contributed by atoms with E-state index in [9.17, 15) is 4.79 Å². The molecule has 0 atom stereocenters. The second kappa shape index (κ2) is 7.29. The second-order valence-corrected chi connectivity index (χ2v) is 4.23. The van der Waals surface area contributed by atoms with Gasteiger partial charge in [-0.1, -0.05) is 11.3 Å². The zero-order valence-corrected chi connectivity index (χ0v) is 10.4. The van der Waals surface area contributed by atoms with Crippen LogP contribution in [0.1, 0.15) is 34.6 Å². The molecule has 0 aliphatic heterocycles. The molecule has 16 heavy (non-hydrogen) atoms. The summed E-state index contributed by atoms with van der Waals surface area (Å²) >= 11 is 1.30. The molecular weight excluding hydrogens is 228 g/mol. The molecule has 0 aliphatic rings. The Morgan fingerprint density at radius 2 is 2.19 bits per heavy atom. The highest BCUT2D eigenvalue weighted by atomic mass is 32.1. The third-order valence-electron chi connectivity index (χ3n) is 1.91. The summed E-state index contributed by atoms with van der Waals surface area (Å²) in [6, 6.07) is 0. The molecule has 0 spiro atoms. The van der Waals surface area contributed by atoms with Crippen LogP contribution in [0.2, 0.25) is 0 Å².